The molecule has 0 saturated heterocycles. The van der Waals surface area contributed by atoms with Crippen molar-refractivity contribution in [1.29, 1.82) is 0 Å². The lowest BCUT2D eigenvalue weighted by atomic mass is 10.5. The van der Waals surface area contributed by atoms with Crippen LogP contribution in [0, 0.1) is 0 Å². The first-order valence-corrected chi connectivity index (χ1v) is 4.84. The summed E-state index contributed by atoms with van der Waals surface area (Å²) < 4.78 is 2.10. The van der Waals surface area contributed by atoms with Gasteiger partial charge in [0.15, 0.2) is 5.00 Å². The molecule has 0 unspecified atom stereocenters. The van der Waals surface area contributed by atoms with Crippen LogP contribution in [0.3, 0.4) is 0 Å². The third kappa shape index (κ3) is 1.93. The Kier molecular flexibility index (Phi) is 2.88. The number of aromatic nitrogens is 1. The second-order valence-electron chi connectivity index (χ2n) is 2.53. The predicted octanol–water partition coefficient (Wildman–Crippen LogP) is 1.42. The quantitative estimate of drug-likeness (QED) is 0.624. The molecular formula is C8H15N2S+. The summed E-state index contributed by atoms with van der Waals surface area (Å²) in [7, 11) is 2.06. The van der Waals surface area contributed by atoms with Crippen LogP contribution in [-0.4, -0.2) is 13.1 Å². The van der Waals surface area contributed by atoms with Gasteiger partial charge < -0.3 is 4.90 Å². The molecule has 0 aromatic carbocycles. The highest BCUT2D eigenvalue weighted by Gasteiger charge is 2.07. The Hall–Kier alpha value is -0.570. The number of hydrogen-bond acceptors (Lipinski definition) is 2. The lowest BCUT2D eigenvalue weighted by molar-refractivity contribution is -0.666. The van der Waals surface area contributed by atoms with Gasteiger partial charge in [0.25, 0.3) is 0 Å². The molecule has 0 atom stereocenters. The fourth-order valence-electron chi connectivity index (χ4n) is 1.06. The second-order valence-corrected chi connectivity index (χ2v) is 3.39. The van der Waals surface area contributed by atoms with E-state index in [1.807, 2.05) is 0 Å². The van der Waals surface area contributed by atoms with E-state index in [0.717, 1.165) is 13.1 Å². The fourth-order valence-corrected chi connectivity index (χ4v) is 2.03. The number of aryl methyl sites for hydroxylation is 1. The van der Waals surface area contributed by atoms with Gasteiger partial charge >= 0.3 is 0 Å². The topological polar surface area (TPSA) is 7.12 Å². The first-order valence-electron chi connectivity index (χ1n) is 3.96. The van der Waals surface area contributed by atoms with Crippen LogP contribution in [-0.2, 0) is 7.05 Å². The summed E-state index contributed by atoms with van der Waals surface area (Å²) in [6.45, 7) is 6.56. The van der Waals surface area contributed by atoms with E-state index in [1.165, 1.54) is 5.00 Å². The van der Waals surface area contributed by atoms with E-state index in [1.54, 1.807) is 11.3 Å². The van der Waals surface area contributed by atoms with Gasteiger partial charge in [-0.2, -0.15) is 4.57 Å². The predicted molar refractivity (Wildman–Crippen MR) is 49.1 cm³/mol. The largest absolute Gasteiger partial charge is 0.359 e. The van der Waals surface area contributed by atoms with Crippen molar-refractivity contribution in [3.05, 3.63) is 11.7 Å². The molecule has 0 amide bonds. The molecular weight excluding hydrogens is 156 g/mol. The molecule has 1 rings (SSSR count). The fraction of sp³-hybridized carbons (Fsp3) is 0.625. The van der Waals surface area contributed by atoms with Gasteiger partial charge in [-0.15, -0.1) is 0 Å². The summed E-state index contributed by atoms with van der Waals surface area (Å²) >= 11 is 1.80. The van der Waals surface area contributed by atoms with E-state index in [4.69, 9.17) is 0 Å². The summed E-state index contributed by atoms with van der Waals surface area (Å²) in [6, 6.07) is 0. The van der Waals surface area contributed by atoms with Crippen molar-refractivity contribution in [2.75, 3.05) is 18.0 Å². The van der Waals surface area contributed by atoms with Crippen molar-refractivity contribution in [3.8, 4) is 0 Å². The van der Waals surface area contributed by atoms with Gasteiger partial charge in [-0.05, 0) is 13.8 Å². The molecule has 1 heterocycles. The van der Waals surface area contributed by atoms with Crippen LogP contribution in [0.5, 0.6) is 0 Å². The van der Waals surface area contributed by atoms with Gasteiger partial charge in [-0.1, -0.05) is 11.3 Å². The monoisotopic (exact) mass is 171 g/mol. The van der Waals surface area contributed by atoms with E-state index >= 15 is 0 Å². The van der Waals surface area contributed by atoms with Crippen LogP contribution < -0.4 is 9.47 Å². The maximum absolute atomic E-state index is 2.35. The van der Waals surface area contributed by atoms with Gasteiger partial charge in [0, 0.05) is 13.1 Å². The van der Waals surface area contributed by atoms with Crippen LogP contribution in [0.15, 0.2) is 11.7 Å². The van der Waals surface area contributed by atoms with Gasteiger partial charge in [0.1, 0.15) is 7.05 Å². The zero-order valence-electron chi connectivity index (χ0n) is 7.37. The molecule has 1 aromatic heterocycles. The second kappa shape index (κ2) is 3.72. The normalized spacial score (nSPS) is 10.1. The van der Waals surface area contributed by atoms with Crippen LogP contribution in [0.2, 0.25) is 0 Å². The Bertz CT molecular complexity index is 216. The molecule has 62 valence electrons. The molecule has 0 saturated carbocycles. The lowest BCUT2D eigenvalue weighted by Gasteiger charge is -2.15. The maximum Gasteiger partial charge on any atom is 0.226 e. The van der Waals surface area contributed by atoms with Crippen LogP contribution in [0.4, 0.5) is 5.00 Å². The van der Waals surface area contributed by atoms with Gasteiger partial charge in [-0.3, -0.25) is 0 Å². The van der Waals surface area contributed by atoms with E-state index in [9.17, 15) is 0 Å². The van der Waals surface area contributed by atoms with Crippen molar-refractivity contribution in [3.63, 3.8) is 0 Å². The van der Waals surface area contributed by atoms with Gasteiger partial charge in [-0.25, -0.2) is 0 Å². The smallest absolute Gasteiger partial charge is 0.226 e. The maximum atomic E-state index is 2.35. The molecule has 0 aliphatic carbocycles. The molecule has 0 aliphatic heterocycles. The molecule has 0 fully saturated rings. The molecule has 0 N–H and O–H groups in total. The van der Waals surface area contributed by atoms with Crippen molar-refractivity contribution in [2.45, 2.75) is 13.8 Å². The summed E-state index contributed by atoms with van der Waals surface area (Å²) in [4.78, 5) is 2.35. The third-order valence-corrected chi connectivity index (χ3v) is 2.77. The van der Waals surface area contributed by atoms with Crippen molar-refractivity contribution in [2.24, 2.45) is 7.05 Å². The molecule has 3 heteroatoms. The molecule has 0 bridgehead atoms. The first-order chi connectivity index (χ1) is 5.27. The van der Waals surface area contributed by atoms with E-state index in [2.05, 4.69) is 42.1 Å². The van der Waals surface area contributed by atoms with Crippen molar-refractivity contribution in [1.82, 2.24) is 0 Å². The summed E-state index contributed by atoms with van der Waals surface area (Å²) in [6.07, 6.45) is 2.16. The number of thiazole rings is 1. The highest BCUT2D eigenvalue weighted by Crippen LogP contribution is 2.16. The highest BCUT2D eigenvalue weighted by atomic mass is 32.1. The lowest BCUT2D eigenvalue weighted by Crippen LogP contribution is -2.25. The van der Waals surface area contributed by atoms with Crippen LogP contribution >= 0.6 is 11.3 Å². The molecule has 2 nitrogen and oxygen atoms in total. The molecule has 0 spiro atoms. The van der Waals surface area contributed by atoms with E-state index in [-0.39, 0.29) is 0 Å². The average molecular weight is 171 g/mol. The molecule has 11 heavy (non-hydrogen) atoms. The third-order valence-electron chi connectivity index (χ3n) is 1.73. The zero-order valence-corrected chi connectivity index (χ0v) is 8.19. The molecule has 0 radical (unpaired) electrons. The Morgan fingerprint density at radius 1 is 1.45 bits per heavy atom. The summed E-state index contributed by atoms with van der Waals surface area (Å²) in [5, 5.41) is 1.36. The van der Waals surface area contributed by atoms with E-state index in [0.29, 0.717) is 0 Å². The average Bonchev–Trinajstić information content (AvgIpc) is 2.39. The minimum absolute atomic E-state index is 1.09. The highest BCUT2D eigenvalue weighted by molar-refractivity contribution is 7.13. The van der Waals surface area contributed by atoms with Crippen LogP contribution in [0.25, 0.3) is 0 Å². The van der Waals surface area contributed by atoms with Crippen molar-refractivity contribution >= 4 is 16.3 Å². The Morgan fingerprint density at radius 2 is 2.09 bits per heavy atom. The molecule has 1 aromatic rings. The number of nitrogens with zero attached hydrogens (tertiary/aromatic N) is 2. The minimum atomic E-state index is 1.09. The summed E-state index contributed by atoms with van der Waals surface area (Å²) in [5.41, 5.74) is 2.12. The number of hydrogen-bond donors (Lipinski definition) is 0. The minimum Gasteiger partial charge on any atom is -0.359 e. The SMILES string of the molecule is CCN(CC)c1c[n+](C)cs1. The van der Waals surface area contributed by atoms with Gasteiger partial charge in [0.05, 0.1) is 0 Å². The summed E-state index contributed by atoms with van der Waals surface area (Å²) in [5.74, 6) is 0. The van der Waals surface area contributed by atoms with Crippen LogP contribution in [0.1, 0.15) is 13.8 Å². The van der Waals surface area contributed by atoms with Crippen molar-refractivity contribution < 1.29 is 4.57 Å². The first kappa shape index (κ1) is 8.53. The Balaban J connectivity index is 2.73. The number of anilines is 1. The number of rotatable bonds is 3. The Morgan fingerprint density at radius 3 is 2.45 bits per heavy atom. The van der Waals surface area contributed by atoms with E-state index < -0.39 is 0 Å². The standard InChI is InChI=1S/C8H15N2S/c1-4-10(5-2)8-6-9(3)7-11-8/h6-7H,4-5H2,1-3H3/q+1. The molecule has 0 aliphatic rings. The zero-order chi connectivity index (χ0) is 8.27. The Labute approximate surface area is 72.1 Å². The van der Waals surface area contributed by atoms with Gasteiger partial charge in [0.2, 0.25) is 11.7 Å².